The molecule has 25 heavy (non-hydrogen) atoms. The lowest BCUT2D eigenvalue weighted by Crippen LogP contribution is -2.13. The number of halogens is 1. The molecule has 0 bridgehead atoms. The number of nitrogens with one attached hydrogen (secondary N) is 2. The second kappa shape index (κ2) is 7.57. The summed E-state index contributed by atoms with van der Waals surface area (Å²) in [7, 11) is 0. The van der Waals surface area contributed by atoms with E-state index < -0.39 is 11.7 Å². The molecule has 1 aromatic heterocycles. The fraction of sp³-hybridized carbons (Fsp3) is 0.100. The zero-order valence-electron chi connectivity index (χ0n) is 13.8. The van der Waals surface area contributed by atoms with Gasteiger partial charge in [0.05, 0.1) is 23.1 Å². The molecule has 0 saturated heterocycles. The van der Waals surface area contributed by atoms with E-state index in [4.69, 9.17) is 0 Å². The molecule has 4 nitrogen and oxygen atoms in total. The second-order valence-corrected chi connectivity index (χ2v) is 5.53. The maximum absolute atomic E-state index is 13.7. The quantitative estimate of drug-likeness (QED) is 0.705. The first-order valence-electron chi connectivity index (χ1n) is 8.03. The van der Waals surface area contributed by atoms with E-state index in [-0.39, 0.29) is 5.69 Å². The largest absolute Gasteiger partial charge is 0.354 e. The summed E-state index contributed by atoms with van der Waals surface area (Å²) in [6.07, 6.45) is 3.99. The van der Waals surface area contributed by atoms with Crippen LogP contribution in [0, 0.1) is 5.82 Å². The molecule has 0 unspecified atom stereocenters. The lowest BCUT2D eigenvalue weighted by Gasteiger charge is -2.12. The number of benzene rings is 2. The van der Waals surface area contributed by atoms with Crippen LogP contribution in [0.4, 0.5) is 21.5 Å². The molecular weight excluding hydrogens is 317 g/mol. The molecule has 0 saturated carbocycles. The Morgan fingerprint density at radius 2 is 1.76 bits per heavy atom. The second-order valence-electron chi connectivity index (χ2n) is 5.53. The molecule has 0 radical (unpaired) electrons. The molecule has 126 valence electrons. The van der Waals surface area contributed by atoms with Crippen LogP contribution in [0.3, 0.4) is 0 Å². The van der Waals surface area contributed by atoms with Crippen LogP contribution in [0.25, 0.3) is 0 Å². The molecule has 1 heterocycles. The third kappa shape index (κ3) is 4.01. The van der Waals surface area contributed by atoms with Gasteiger partial charge in [-0.1, -0.05) is 37.3 Å². The summed E-state index contributed by atoms with van der Waals surface area (Å²) in [5.74, 6) is -0.889. The van der Waals surface area contributed by atoms with Gasteiger partial charge in [0.15, 0.2) is 0 Å². The van der Waals surface area contributed by atoms with Gasteiger partial charge >= 0.3 is 0 Å². The zero-order chi connectivity index (χ0) is 17.6. The Kier molecular flexibility index (Phi) is 5.04. The van der Waals surface area contributed by atoms with Gasteiger partial charge in [-0.15, -0.1) is 0 Å². The molecule has 1 amide bonds. The summed E-state index contributed by atoms with van der Waals surface area (Å²) >= 11 is 0. The van der Waals surface area contributed by atoms with E-state index in [1.165, 1.54) is 23.9 Å². The molecular formula is C20H18FN3O. The number of rotatable bonds is 5. The first-order valence-corrected chi connectivity index (χ1v) is 8.03. The number of para-hydroxylation sites is 2. The predicted octanol–water partition coefficient (Wildman–Crippen LogP) is 4.78. The number of aromatic nitrogens is 1. The standard InChI is InChI=1S/C20H18FN3O/c1-2-14-7-3-5-9-18(14)23-16-11-15(12-22-13-16)20(25)24-19-10-6-4-8-17(19)21/h3-13,23H,2H2,1H3,(H,24,25). The number of carbonyl (C=O) groups excluding carboxylic acids is 1. The molecule has 0 fully saturated rings. The third-order valence-electron chi connectivity index (χ3n) is 3.80. The van der Waals surface area contributed by atoms with Gasteiger partial charge in [0.2, 0.25) is 0 Å². The Morgan fingerprint density at radius 3 is 2.52 bits per heavy atom. The van der Waals surface area contributed by atoms with Gasteiger partial charge in [-0.2, -0.15) is 0 Å². The van der Waals surface area contributed by atoms with Gasteiger partial charge in [0.1, 0.15) is 5.82 Å². The van der Waals surface area contributed by atoms with E-state index >= 15 is 0 Å². The molecule has 3 aromatic rings. The number of hydrogen-bond acceptors (Lipinski definition) is 3. The maximum atomic E-state index is 13.7. The summed E-state index contributed by atoms with van der Waals surface area (Å²) in [6, 6.07) is 15.7. The third-order valence-corrected chi connectivity index (χ3v) is 3.80. The number of anilines is 3. The molecule has 0 aliphatic rings. The number of aryl methyl sites for hydroxylation is 1. The topological polar surface area (TPSA) is 54.0 Å². The zero-order valence-corrected chi connectivity index (χ0v) is 13.8. The average molecular weight is 335 g/mol. The summed E-state index contributed by atoms with van der Waals surface area (Å²) in [5.41, 5.74) is 3.33. The van der Waals surface area contributed by atoms with Crippen LogP contribution in [-0.4, -0.2) is 10.9 Å². The first kappa shape index (κ1) is 16.6. The van der Waals surface area contributed by atoms with Crippen LogP contribution in [0.1, 0.15) is 22.8 Å². The SMILES string of the molecule is CCc1ccccc1Nc1cncc(C(=O)Nc2ccccc2F)c1. The van der Waals surface area contributed by atoms with Gasteiger partial charge in [0, 0.05) is 11.9 Å². The molecule has 0 aliphatic carbocycles. The van der Waals surface area contributed by atoms with Crippen LogP contribution in [0.5, 0.6) is 0 Å². The number of amides is 1. The molecule has 0 spiro atoms. The van der Waals surface area contributed by atoms with E-state index in [1.807, 2.05) is 24.3 Å². The van der Waals surface area contributed by atoms with Crippen LogP contribution < -0.4 is 10.6 Å². The molecule has 0 atom stereocenters. The number of hydrogen-bond donors (Lipinski definition) is 2. The Labute approximate surface area is 145 Å². The van der Waals surface area contributed by atoms with Gasteiger partial charge in [-0.05, 0) is 36.2 Å². The minimum absolute atomic E-state index is 0.141. The minimum Gasteiger partial charge on any atom is -0.354 e. The number of pyridine rings is 1. The van der Waals surface area contributed by atoms with Crippen molar-refractivity contribution < 1.29 is 9.18 Å². The molecule has 2 N–H and O–H groups in total. The first-order chi connectivity index (χ1) is 12.2. The smallest absolute Gasteiger partial charge is 0.257 e. The van der Waals surface area contributed by atoms with Crippen LogP contribution in [-0.2, 0) is 6.42 Å². The Morgan fingerprint density at radius 1 is 1.04 bits per heavy atom. The van der Waals surface area contributed by atoms with Crippen molar-refractivity contribution in [3.63, 3.8) is 0 Å². The number of carbonyl (C=O) groups is 1. The fourth-order valence-corrected chi connectivity index (χ4v) is 2.50. The van der Waals surface area contributed by atoms with E-state index in [2.05, 4.69) is 22.5 Å². The Hall–Kier alpha value is -3.21. The van der Waals surface area contributed by atoms with Crippen LogP contribution >= 0.6 is 0 Å². The van der Waals surface area contributed by atoms with E-state index in [1.54, 1.807) is 24.4 Å². The average Bonchev–Trinajstić information content (AvgIpc) is 2.64. The Bertz CT molecular complexity index is 895. The predicted molar refractivity (Wildman–Crippen MR) is 97.7 cm³/mol. The minimum atomic E-state index is -0.477. The monoisotopic (exact) mass is 335 g/mol. The van der Waals surface area contributed by atoms with E-state index in [0.29, 0.717) is 11.3 Å². The molecule has 5 heteroatoms. The highest BCUT2D eigenvalue weighted by Gasteiger charge is 2.10. The summed E-state index contributed by atoms with van der Waals surface area (Å²) < 4.78 is 13.7. The lowest BCUT2D eigenvalue weighted by atomic mass is 10.1. The maximum Gasteiger partial charge on any atom is 0.257 e. The Balaban J connectivity index is 1.79. The van der Waals surface area contributed by atoms with Crippen molar-refractivity contribution in [2.45, 2.75) is 13.3 Å². The van der Waals surface area contributed by atoms with Crippen molar-refractivity contribution in [3.05, 3.63) is 83.9 Å². The summed E-state index contributed by atoms with van der Waals surface area (Å²) in [5, 5.41) is 5.84. The van der Waals surface area contributed by atoms with Gasteiger partial charge < -0.3 is 10.6 Å². The van der Waals surface area contributed by atoms with Crippen molar-refractivity contribution in [2.75, 3.05) is 10.6 Å². The molecule has 3 rings (SSSR count). The van der Waals surface area contributed by atoms with Crippen LogP contribution in [0.2, 0.25) is 0 Å². The van der Waals surface area contributed by atoms with Gasteiger partial charge in [-0.25, -0.2) is 4.39 Å². The molecule has 2 aromatic carbocycles. The lowest BCUT2D eigenvalue weighted by molar-refractivity contribution is 0.102. The van der Waals surface area contributed by atoms with E-state index in [0.717, 1.165) is 12.1 Å². The van der Waals surface area contributed by atoms with Crippen molar-refractivity contribution in [1.82, 2.24) is 4.98 Å². The fourth-order valence-electron chi connectivity index (χ4n) is 2.50. The van der Waals surface area contributed by atoms with Gasteiger partial charge in [-0.3, -0.25) is 9.78 Å². The number of nitrogens with zero attached hydrogens (tertiary/aromatic N) is 1. The van der Waals surface area contributed by atoms with Crippen LogP contribution in [0.15, 0.2) is 67.0 Å². The van der Waals surface area contributed by atoms with Crippen molar-refractivity contribution in [1.29, 1.82) is 0 Å². The van der Waals surface area contributed by atoms with Gasteiger partial charge in [0.25, 0.3) is 5.91 Å². The highest BCUT2D eigenvalue weighted by Crippen LogP contribution is 2.22. The normalized spacial score (nSPS) is 10.3. The van der Waals surface area contributed by atoms with Crippen molar-refractivity contribution in [2.24, 2.45) is 0 Å². The highest BCUT2D eigenvalue weighted by molar-refractivity contribution is 6.04. The summed E-state index contributed by atoms with van der Waals surface area (Å²) in [6.45, 7) is 2.08. The van der Waals surface area contributed by atoms with Crippen molar-refractivity contribution in [3.8, 4) is 0 Å². The highest BCUT2D eigenvalue weighted by atomic mass is 19.1. The molecule has 0 aliphatic heterocycles. The summed E-state index contributed by atoms with van der Waals surface area (Å²) in [4.78, 5) is 16.5. The van der Waals surface area contributed by atoms with E-state index in [9.17, 15) is 9.18 Å². The van der Waals surface area contributed by atoms with Crippen molar-refractivity contribution >= 4 is 23.0 Å².